The molecule has 1 unspecified atom stereocenters. The molecule has 2 rings (SSSR count). The number of benzene rings is 2. The number of nitrogens with one attached hydrogen (secondary N) is 2. The van der Waals surface area contributed by atoms with Gasteiger partial charge < -0.3 is 11.1 Å². The number of sulfonamides is 1. The van der Waals surface area contributed by atoms with Crippen molar-refractivity contribution in [3.05, 3.63) is 60.2 Å². The summed E-state index contributed by atoms with van der Waals surface area (Å²) in [5.41, 5.74) is 7.41. The highest BCUT2D eigenvalue weighted by Gasteiger charge is 2.17. The zero-order chi connectivity index (χ0) is 18.4. The first-order valence-electron chi connectivity index (χ1n) is 8.00. The van der Waals surface area contributed by atoms with Gasteiger partial charge >= 0.3 is 0 Å². The monoisotopic (exact) mass is 397 g/mol. The third-order valence-corrected chi connectivity index (χ3v) is 5.13. The fourth-order valence-corrected chi connectivity index (χ4v) is 3.54. The van der Waals surface area contributed by atoms with Crippen LogP contribution in [0.1, 0.15) is 19.4 Å². The molecular formula is C18H24ClN3O3S. The van der Waals surface area contributed by atoms with Crippen molar-refractivity contribution >= 4 is 34.0 Å². The first-order valence-corrected chi connectivity index (χ1v) is 9.49. The van der Waals surface area contributed by atoms with Gasteiger partial charge in [0.2, 0.25) is 15.9 Å². The number of hydrogen-bond acceptors (Lipinski definition) is 4. The Bertz CT molecular complexity index is 809. The molecule has 8 heteroatoms. The lowest BCUT2D eigenvalue weighted by Gasteiger charge is -2.13. The molecule has 142 valence electrons. The molecule has 0 heterocycles. The van der Waals surface area contributed by atoms with Gasteiger partial charge in [-0.05, 0) is 50.1 Å². The number of halogens is 1. The molecule has 2 aromatic rings. The Labute approximate surface area is 160 Å². The molecule has 0 spiro atoms. The molecule has 6 nitrogen and oxygen atoms in total. The second kappa shape index (κ2) is 9.68. The minimum Gasteiger partial charge on any atom is -0.325 e. The van der Waals surface area contributed by atoms with Crippen LogP contribution >= 0.6 is 12.4 Å². The first kappa shape index (κ1) is 22.1. The summed E-state index contributed by atoms with van der Waals surface area (Å²) in [5, 5.41) is 2.70. The minimum absolute atomic E-state index is 0. The van der Waals surface area contributed by atoms with E-state index in [0.29, 0.717) is 12.1 Å². The zero-order valence-corrected chi connectivity index (χ0v) is 16.3. The summed E-state index contributed by atoms with van der Waals surface area (Å²) in [7, 11) is -3.55. The summed E-state index contributed by atoms with van der Waals surface area (Å²) < 4.78 is 26.6. The molecule has 4 N–H and O–H groups in total. The van der Waals surface area contributed by atoms with Gasteiger partial charge in [-0.1, -0.05) is 30.3 Å². The molecule has 1 atom stereocenters. The maximum absolute atomic E-state index is 12.2. The largest absolute Gasteiger partial charge is 0.325 e. The predicted octanol–water partition coefficient (Wildman–Crippen LogP) is 2.30. The summed E-state index contributed by atoms with van der Waals surface area (Å²) in [6.07, 6.45) is 0.428. The molecule has 1 amide bonds. The van der Waals surface area contributed by atoms with Crippen LogP contribution in [0.4, 0.5) is 5.69 Å². The van der Waals surface area contributed by atoms with E-state index in [9.17, 15) is 13.2 Å². The van der Waals surface area contributed by atoms with Gasteiger partial charge in [-0.15, -0.1) is 12.4 Å². The third-order valence-electron chi connectivity index (χ3n) is 3.46. The van der Waals surface area contributed by atoms with Crippen LogP contribution in [0.2, 0.25) is 0 Å². The lowest BCUT2D eigenvalue weighted by Crippen LogP contribution is -2.37. The molecule has 0 saturated carbocycles. The summed E-state index contributed by atoms with van der Waals surface area (Å²) in [4.78, 5) is 12.3. The summed E-state index contributed by atoms with van der Waals surface area (Å²) in [6.45, 7) is 3.50. The Balaban J connectivity index is 0.00000338. The standard InChI is InChI=1S/C18H23N3O3S.ClH/c1-13(2)21-25(23,24)16-10-8-15(9-11-16)20-18(22)17(19)12-14-6-4-3-5-7-14;/h3-11,13,17,21H,12,19H2,1-2H3,(H,20,22);1H. The fourth-order valence-electron chi connectivity index (χ4n) is 2.29. The van der Waals surface area contributed by atoms with Crippen molar-refractivity contribution in [1.82, 2.24) is 4.72 Å². The van der Waals surface area contributed by atoms with Gasteiger partial charge in [0.05, 0.1) is 10.9 Å². The van der Waals surface area contributed by atoms with Crippen LogP contribution in [-0.2, 0) is 21.2 Å². The van der Waals surface area contributed by atoms with E-state index >= 15 is 0 Å². The van der Waals surface area contributed by atoms with Gasteiger partial charge in [0.1, 0.15) is 0 Å². The first-order chi connectivity index (χ1) is 11.8. The minimum atomic E-state index is -3.55. The molecule has 26 heavy (non-hydrogen) atoms. The molecule has 0 bridgehead atoms. The maximum Gasteiger partial charge on any atom is 0.241 e. The molecule has 0 saturated heterocycles. The van der Waals surface area contributed by atoms with Crippen LogP contribution < -0.4 is 15.8 Å². The van der Waals surface area contributed by atoms with Crippen molar-refractivity contribution in [1.29, 1.82) is 0 Å². The van der Waals surface area contributed by atoms with Gasteiger partial charge in [-0.3, -0.25) is 4.79 Å². The van der Waals surface area contributed by atoms with Crippen molar-refractivity contribution in [2.24, 2.45) is 5.73 Å². The van der Waals surface area contributed by atoms with Gasteiger partial charge in [-0.25, -0.2) is 13.1 Å². The Hall–Kier alpha value is -1.93. The number of carbonyl (C=O) groups is 1. The number of hydrogen-bond donors (Lipinski definition) is 3. The van der Waals surface area contributed by atoms with Crippen molar-refractivity contribution in [3.63, 3.8) is 0 Å². The van der Waals surface area contributed by atoms with E-state index in [0.717, 1.165) is 5.56 Å². The Morgan fingerprint density at radius 1 is 1.04 bits per heavy atom. The van der Waals surface area contributed by atoms with Gasteiger partial charge in [0.25, 0.3) is 0 Å². The van der Waals surface area contributed by atoms with E-state index in [1.807, 2.05) is 30.3 Å². The van der Waals surface area contributed by atoms with Crippen molar-refractivity contribution < 1.29 is 13.2 Å². The van der Waals surface area contributed by atoms with Gasteiger partial charge in [-0.2, -0.15) is 0 Å². The topological polar surface area (TPSA) is 101 Å². The third kappa shape index (κ3) is 6.42. The van der Waals surface area contributed by atoms with Crippen LogP contribution in [-0.4, -0.2) is 26.4 Å². The molecule has 0 aromatic heterocycles. The normalized spacial score (nSPS) is 12.3. The number of carbonyl (C=O) groups excluding carboxylic acids is 1. The van der Waals surface area contributed by atoms with Crippen LogP contribution in [0.15, 0.2) is 59.5 Å². The second-order valence-corrected chi connectivity index (χ2v) is 7.80. The molecule has 0 aliphatic carbocycles. The van der Waals surface area contributed by atoms with E-state index in [4.69, 9.17) is 5.73 Å². The quantitative estimate of drug-likeness (QED) is 0.667. The smallest absolute Gasteiger partial charge is 0.241 e. The van der Waals surface area contributed by atoms with E-state index in [-0.39, 0.29) is 29.3 Å². The Morgan fingerprint density at radius 3 is 2.15 bits per heavy atom. The SMILES string of the molecule is CC(C)NS(=O)(=O)c1ccc(NC(=O)C(N)Cc2ccccc2)cc1.Cl. The van der Waals surface area contributed by atoms with Gasteiger partial charge in [0.15, 0.2) is 0 Å². The maximum atomic E-state index is 12.2. The number of rotatable bonds is 7. The summed E-state index contributed by atoms with van der Waals surface area (Å²) in [5.74, 6) is -0.320. The molecule has 0 radical (unpaired) electrons. The Morgan fingerprint density at radius 2 is 1.62 bits per heavy atom. The van der Waals surface area contributed by atoms with Crippen molar-refractivity contribution in [2.75, 3.05) is 5.32 Å². The van der Waals surface area contributed by atoms with Crippen LogP contribution in [0.5, 0.6) is 0 Å². The number of amides is 1. The summed E-state index contributed by atoms with van der Waals surface area (Å²) >= 11 is 0. The average molecular weight is 398 g/mol. The molecule has 0 fully saturated rings. The Kier molecular flexibility index (Phi) is 8.23. The van der Waals surface area contributed by atoms with Gasteiger partial charge in [0, 0.05) is 11.7 Å². The lowest BCUT2D eigenvalue weighted by atomic mass is 10.1. The van der Waals surface area contributed by atoms with E-state index < -0.39 is 16.1 Å². The molecule has 0 aliphatic rings. The predicted molar refractivity (Wildman–Crippen MR) is 106 cm³/mol. The van der Waals surface area contributed by atoms with E-state index in [1.54, 1.807) is 26.0 Å². The highest BCUT2D eigenvalue weighted by Crippen LogP contribution is 2.15. The molecular weight excluding hydrogens is 374 g/mol. The molecule has 0 aliphatic heterocycles. The average Bonchev–Trinajstić information content (AvgIpc) is 2.55. The van der Waals surface area contributed by atoms with Crippen LogP contribution in [0.25, 0.3) is 0 Å². The second-order valence-electron chi connectivity index (χ2n) is 6.09. The lowest BCUT2D eigenvalue weighted by molar-refractivity contribution is -0.117. The van der Waals surface area contributed by atoms with E-state index in [1.165, 1.54) is 12.1 Å². The fraction of sp³-hybridized carbons (Fsp3) is 0.278. The zero-order valence-electron chi connectivity index (χ0n) is 14.7. The number of anilines is 1. The number of nitrogens with two attached hydrogens (primary N) is 1. The van der Waals surface area contributed by atoms with Crippen LogP contribution in [0, 0.1) is 0 Å². The summed E-state index contributed by atoms with van der Waals surface area (Å²) in [6, 6.07) is 14.6. The highest BCUT2D eigenvalue weighted by molar-refractivity contribution is 7.89. The van der Waals surface area contributed by atoms with E-state index in [2.05, 4.69) is 10.0 Å². The highest BCUT2D eigenvalue weighted by atomic mass is 35.5. The van der Waals surface area contributed by atoms with Crippen LogP contribution in [0.3, 0.4) is 0 Å². The molecule has 2 aromatic carbocycles. The van der Waals surface area contributed by atoms with Crippen molar-refractivity contribution in [2.45, 2.75) is 37.2 Å². The van der Waals surface area contributed by atoms with Crippen molar-refractivity contribution in [3.8, 4) is 0 Å².